The smallest absolute Gasteiger partial charge is 0.225 e. The van der Waals surface area contributed by atoms with E-state index in [9.17, 15) is 4.79 Å². The molecular formula is C14H22N2O2. The standard InChI is InChI=1S/C14H22N2O2/c1-4-15-10-9-14(17)16-12-7-5-6-8-13(12)18-11(2)3/h5-8,11,15H,4,9-10H2,1-3H3,(H,16,17). The van der Waals surface area contributed by atoms with E-state index in [1.807, 2.05) is 45.0 Å². The molecule has 1 aromatic carbocycles. The third kappa shape index (κ3) is 5.19. The molecule has 0 aliphatic carbocycles. The van der Waals surface area contributed by atoms with Crippen molar-refractivity contribution in [3.63, 3.8) is 0 Å². The van der Waals surface area contributed by atoms with Crippen molar-refractivity contribution in [1.29, 1.82) is 0 Å². The number of benzene rings is 1. The molecule has 0 saturated carbocycles. The fourth-order valence-electron chi connectivity index (χ4n) is 1.52. The number of nitrogens with one attached hydrogen (secondary N) is 2. The van der Waals surface area contributed by atoms with Crippen molar-refractivity contribution in [3.05, 3.63) is 24.3 Å². The normalized spacial score (nSPS) is 10.4. The molecule has 0 radical (unpaired) electrons. The molecule has 1 rings (SSSR count). The quantitative estimate of drug-likeness (QED) is 0.731. The van der Waals surface area contributed by atoms with E-state index in [0.29, 0.717) is 18.7 Å². The van der Waals surface area contributed by atoms with Crippen LogP contribution in [0, 0.1) is 0 Å². The maximum absolute atomic E-state index is 11.7. The Kier molecular flexibility index (Phi) is 6.22. The van der Waals surface area contributed by atoms with Crippen LogP contribution in [0.2, 0.25) is 0 Å². The molecule has 0 aromatic heterocycles. The minimum absolute atomic E-state index is 0.00393. The Morgan fingerprint density at radius 2 is 2.06 bits per heavy atom. The van der Waals surface area contributed by atoms with Gasteiger partial charge in [0.15, 0.2) is 0 Å². The molecule has 4 nitrogen and oxygen atoms in total. The van der Waals surface area contributed by atoms with Crippen LogP contribution in [0.3, 0.4) is 0 Å². The third-order valence-corrected chi connectivity index (χ3v) is 2.30. The lowest BCUT2D eigenvalue weighted by molar-refractivity contribution is -0.116. The summed E-state index contributed by atoms with van der Waals surface area (Å²) in [6, 6.07) is 7.49. The summed E-state index contributed by atoms with van der Waals surface area (Å²) in [5, 5.41) is 5.99. The predicted octanol–water partition coefficient (Wildman–Crippen LogP) is 2.41. The number of carbonyl (C=O) groups is 1. The minimum Gasteiger partial charge on any atom is -0.489 e. The highest BCUT2D eigenvalue weighted by Gasteiger charge is 2.08. The number of ether oxygens (including phenoxy) is 1. The Hall–Kier alpha value is -1.55. The second kappa shape index (κ2) is 7.71. The molecule has 1 aromatic rings. The lowest BCUT2D eigenvalue weighted by Gasteiger charge is -2.14. The minimum atomic E-state index is -0.00393. The van der Waals surface area contributed by atoms with Crippen molar-refractivity contribution in [2.45, 2.75) is 33.3 Å². The summed E-state index contributed by atoms with van der Waals surface area (Å²) in [5.41, 5.74) is 0.729. The average Bonchev–Trinajstić information content (AvgIpc) is 2.31. The Bertz CT molecular complexity index is 378. The van der Waals surface area contributed by atoms with E-state index in [4.69, 9.17) is 4.74 Å². The van der Waals surface area contributed by atoms with Gasteiger partial charge in [-0.3, -0.25) is 4.79 Å². The second-order valence-electron chi connectivity index (χ2n) is 4.31. The maximum Gasteiger partial charge on any atom is 0.225 e. The monoisotopic (exact) mass is 250 g/mol. The van der Waals surface area contributed by atoms with Gasteiger partial charge in [0.2, 0.25) is 5.91 Å². The number of hydrogen-bond acceptors (Lipinski definition) is 3. The Balaban J connectivity index is 2.57. The van der Waals surface area contributed by atoms with Gasteiger partial charge in [-0.1, -0.05) is 19.1 Å². The van der Waals surface area contributed by atoms with E-state index in [-0.39, 0.29) is 12.0 Å². The molecule has 1 amide bonds. The van der Waals surface area contributed by atoms with Crippen LogP contribution >= 0.6 is 0 Å². The molecule has 4 heteroatoms. The van der Waals surface area contributed by atoms with Crippen molar-refractivity contribution < 1.29 is 9.53 Å². The molecule has 0 heterocycles. The Morgan fingerprint density at radius 3 is 2.72 bits per heavy atom. The number of rotatable bonds is 7. The zero-order chi connectivity index (χ0) is 13.4. The third-order valence-electron chi connectivity index (χ3n) is 2.30. The van der Waals surface area contributed by atoms with E-state index in [1.54, 1.807) is 0 Å². The van der Waals surface area contributed by atoms with Crippen LogP contribution in [-0.2, 0) is 4.79 Å². The molecule has 18 heavy (non-hydrogen) atoms. The first-order chi connectivity index (χ1) is 8.63. The summed E-state index contributed by atoms with van der Waals surface area (Å²) in [6.45, 7) is 7.51. The molecule has 0 fully saturated rings. The van der Waals surface area contributed by atoms with Crippen LogP contribution in [0.25, 0.3) is 0 Å². The molecule has 0 unspecified atom stereocenters. The van der Waals surface area contributed by atoms with E-state index in [2.05, 4.69) is 10.6 Å². The summed E-state index contributed by atoms with van der Waals surface area (Å²) < 4.78 is 5.64. The summed E-state index contributed by atoms with van der Waals surface area (Å²) >= 11 is 0. The highest BCUT2D eigenvalue weighted by Crippen LogP contribution is 2.24. The van der Waals surface area contributed by atoms with Crippen molar-refractivity contribution in [2.75, 3.05) is 18.4 Å². The summed E-state index contributed by atoms with van der Waals surface area (Å²) in [6.07, 6.45) is 0.550. The van der Waals surface area contributed by atoms with E-state index < -0.39 is 0 Å². The van der Waals surface area contributed by atoms with Gasteiger partial charge < -0.3 is 15.4 Å². The number of anilines is 1. The van der Waals surface area contributed by atoms with Gasteiger partial charge in [0.25, 0.3) is 0 Å². The second-order valence-corrected chi connectivity index (χ2v) is 4.31. The van der Waals surface area contributed by atoms with Gasteiger partial charge >= 0.3 is 0 Å². The number of hydrogen-bond donors (Lipinski definition) is 2. The SMILES string of the molecule is CCNCCC(=O)Nc1ccccc1OC(C)C. The first-order valence-electron chi connectivity index (χ1n) is 6.39. The maximum atomic E-state index is 11.7. The van der Waals surface area contributed by atoms with Gasteiger partial charge in [-0.25, -0.2) is 0 Å². The van der Waals surface area contributed by atoms with Crippen LogP contribution in [0.1, 0.15) is 27.2 Å². The van der Waals surface area contributed by atoms with Gasteiger partial charge in [0, 0.05) is 13.0 Å². The average molecular weight is 250 g/mol. The molecule has 100 valence electrons. The lowest BCUT2D eigenvalue weighted by Crippen LogP contribution is -2.21. The van der Waals surface area contributed by atoms with Crippen LogP contribution in [0.4, 0.5) is 5.69 Å². The van der Waals surface area contributed by atoms with Crippen LogP contribution < -0.4 is 15.4 Å². The van der Waals surface area contributed by atoms with Gasteiger partial charge in [-0.2, -0.15) is 0 Å². The van der Waals surface area contributed by atoms with E-state index in [0.717, 1.165) is 12.2 Å². The fraction of sp³-hybridized carbons (Fsp3) is 0.500. The molecule has 0 atom stereocenters. The molecule has 0 spiro atoms. The molecule has 2 N–H and O–H groups in total. The molecule has 0 bridgehead atoms. The highest BCUT2D eigenvalue weighted by molar-refractivity contribution is 5.92. The van der Waals surface area contributed by atoms with Gasteiger partial charge in [-0.05, 0) is 32.5 Å². The summed E-state index contributed by atoms with van der Waals surface area (Å²) in [4.78, 5) is 11.7. The molecule has 0 saturated heterocycles. The van der Waals surface area contributed by atoms with Crippen LogP contribution in [-0.4, -0.2) is 25.1 Å². The molecule has 0 aliphatic heterocycles. The first kappa shape index (κ1) is 14.5. The Labute approximate surface area is 109 Å². The number of para-hydroxylation sites is 2. The van der Waals surface area contributed by atoms with Crippen molar-refractivity contribution >= 4 is 11.6 Å². The zero-order valence-electron chi connectivity index (χ0n) is 11.3. The van der Waals surface area contributed by atoms with Crippen LogP contribution in [0.15, 0.2) is 24.3 Å². The molecule has 0 aliphatic rings. The zero-order valence-corrected chi connectivity index (χ0v) is 11.3. The largest absolute Gasteiger partial charge is 0.489 e. The summed E-state index contributed by atoms with van der Waals surface area (Å²) in [7, 11) is 0. The number of amides is 1. The highest BCUT2D eigenvalue weighted by atomic mass is 16.5. The lowest BCUT2D eigenvalue weighted by atomic mass is 10.2. The summed E-state index contributed by atoms with van der Waals surface area (Å²) in [5.74, 6) is 0.708. The van der Waals surface area contributed by atoms with Crippen molar-refractivity contribution in [2.24, 2.45) is 0 Å². The first-order valence-corrected chi connectivity index (χ1v) is 6.39. The molecular weight excluding hydrogens is 228 g/mol. The predicted molar refractivity (Wildman–Crippen MR) is 74.0 cm³/mol. The van der Waals surface area contributed by atoms with E-state index >= 15 is 0 Å². The van der Waals surface area contributed by atoms with Crippen LogP contribution in [0.5, 0.6) is 5.75 Å². The van der Waals surface area contributed by atoms with Crippen molar-refractivity contribution in [1.82, 2.24) is 5.32 Å². The fourth-order valence-corrected chi connectivity index (χ4v) is 1.52. The van der Waals surface area contributed by atoms with Crippen molar-refractivity contribution in [3.8, 4) is 5.75 Å². The number of carbonyl (C=O) groups excluding carboxylic acids is 1. The van der Waals surface area contributed by atoms with Gasteiger partial charge in [0.1, 0.15) is 5.75 Å². The van der Waals surface area contributed by atoms with E-state index in [1.165, 1.54) is 0 Å². The van der Waals surface area contributed by atoms with Gasteiger partial charge in [-0.15, -0.1) is 0 Å². The Morgan fingerprint density at radius 1 is 1.33 bits per heavy atom. The topological polar surface area (TPSA) is 50.4 Å². The van der Waals surface area contributed by atoms with Gasteiger partial charge in [0.05, 0.1) is 11.8 Å².